The molecule has 1 nitrogen and oxygen atoms in total. The third-order valence-corrected chi connectivity index (χ3v) is 4.13. The van der Waals surface area contributed by atoms with Crippen molar-refractivity contribution in [2.45, 2.75) is 85.4 Å². The summed E-state index contributed by atoms with van der Waals surface area (Å²) in [6, 6.07) is 9.41. The van der Waals surface area contributed by atoms with Crippen LogP contribution in [0.4, 0.5) is 8.71 Å². The number of hydrogen-bond acceptors (Lipinski definition) is 1. The molecule has 0 spiro atoms. The Morgan fingerprint density at radius 3 is 1.73 bits per heavy atom. The van der Waals surface area contributed by atoms with Gasteiger partial charge in [-0.1, -0.05) is 97.2 Å². The Balaban J connectivity index is 0.000000392. The van der Waals surface area contributed by atoms with Gasteiger partial charge in [0.05, 0.1) is 5.52 Å². The molecule has 1 aromatic carbocycles. The van der Waals surface area contributed by atoms with Gasteiger partial charge in [0, 0.05) is 10.9 Å². The molecule has 2 saturated carbocycles. The Labute approximate surface area is 159 Å². The summed E-state index contributed by atoms with van der Waals surface area (Å²) >= 11 is 0. The van der Waals surface area contributed by atoms with Gasteiger partial charge in [0.1, 0.15) is 0 Å². The van der Waals surface area contributed by atoms with Crippen LogP contribution in [-0.2, 0) is 6.42 Å². The van der Waals surface area contributed by atoms with E-state index in [2.05, 4.69) is 4.98 Å². The molecule has 2 aliphatic carbocycles. The molecule has 1 aromatic heterocycles. The zero-order chi connectivity index (χ0) is 19.6. The number of hydrogen-bond donors (Lipinski definition) is 0. The maximum absolute atomic E-state index is 13.2. The van der Waals surface area contributed by atoms with Crippen LogP contribution in [0.15, 0.2) is 30.3 Å². The van der Waals surface area contributed by atoms with Gasteiger partial charge in [0.2, 0.25) is 5.95 Å². The van der Waals surface area contributed by atoms with Crippen LogP contribution in [0.2, 0.25) is 6.82 Å². The highest BCUT2D eigenvalue weighted by Crippen LogP contribution is 2.16. The van der Waals surface area contributed by atoms with Crippen molar-refractivity contribution in [3.8, 4) is 0 Å². The summed E-state index contributed by atoms with van der Waals surface area (Å²) in [5.74, 6) is -0.346. The van der Waals surface area contributed by atoms with E-state index in [1.54, 1.807) is 0 Å². The highest BCUT2D eigenvalue weighted by molar-refractivity contribution is 6.23. The Morgan fingerprint density at radius 2 is 1.35 bits per heavy atom. The highest BCUT2D eigenvalue weighted by atomic mass is 19.1. The molecule has 2 aliphatic rings. The summed E-state index contributed by atoms with van der Waals surface area (Å²) in [4.78, 5) is 3.88. The number of fused-ring (bicyclic) bond motifs is 1. The number of pyridine rings is 1. The normalized spacial score (nSPS) is 13.5. The summed E-state index contributed by atoms with van der Waals surface area (Å²) in [5.41, 5.74) is 1.40. The number of nitrogens with zero attached hydrogens (tertiary/aromatic N) is 1. The van der Waals surface area contributed by atoms with Gasteiger partial charge in [0.15, 0.2) is 0 Å². The lowest BCUT2D eigenvalue weighted by molar-refractivity contribution is 0.504. The van der Waals surface area contributed by atoms with Gasteiger partial charge in [-0.3, -0.25) is 0 Å². The SMILES string of the molecule is C1CCC1.C1CCC1.CC.CCc1cc2ccccc2nc1[18F].C[B]F. The summed E-state index contributed by atoms with van der Waals surface area (Å²) in [6.07, 6.45) is 12.7. The molecule has 0 unspecified atom stereocenters. The lowest BCUT2D eigenvalue weighted by Gasteiger charge is -2.05. The van der Waals surface area contributed by atoms with E-state index in [1.165, 1.54) is 58.2 Å². The largest absolute Gasteiger partial charge is 0.351 e. The first-order valence-corrected chi connectivity index (χ1v) is 10.1. The predicted octanol–water partition coefficient (Wildman–Crippen LogP) is 7.71. The second-order valence-electron chi connectivity index (χ2n) is 6.03. The van der Waals surface area contributed by atoms with Crippen LogP contribution in [0.5, 0.6) is 0 Å². The lowest BCUT2D eigenvalue weighted by Crippen LogP contribution is -1.92. The van der Waals surface area contributed by atoms with Crippen LogP contribution in [0.25, 0.3) is 10.9 Å². The van der Waals surface area contributed by atoms with Crippen molar-refractivity contribution < 1.29 is 8.71 Å². The number of halogens is 2. The van der Waals surface area contributed by atoms with Gasteiger partial charge in [-0.25, -0.2) is 4.98 Å². The number of para-hydroxylation sites is 1. The van der Waals surface area contributed by atoms with E-state index in [0.717, 1.165) is 10.9 Å². The molecule has 26 heavy (non-hydrogen) atoms. The van der Waals surface area contributed by atoms with Crippen molar-refractivity contribution in [3.05, 3.63) is 41.8 Å². The topological polar surface area (TPSA) is 12.9 Å². The maximum Gasteiger partial charge on any atom is 0.351 e. The Bertz CT molecular complexity index is 551. The maximum atomic E-state index is 13.2. The average molecular weight is 361 g/mol. The van der Waals surface area contributed by atoms with Crippen molar-refractivity contribution in [1.82, 2.24) is 4.98 Å². The minimum atomic E-state index is -0.346. The molecular formula is C22H35BF2N. The second kappa shape index (κ2) is 17.0. The molecule has 4 heteroatoms. The molecule has 4 rings (SSSR count). The molecule has 0 bridgehead atoms. The van der Waals surface area contributed by atoms with Crippen LogP contribution in [-0.4, -0.2) is 12.5 Å². The molecule has 145 valence electrons. The predicted molar refractivity (Wildman–Crippen MR) is 112 cm³/mol. The first kappa shape index (κ1) is 24.6. The molecule has 0 saturated heterocycles. The zero-order valence-electron chi connectivity index (χ0n) is 17.0. The van der Waals surface area contributed by atoms with Crippen molar-refractivity contribution in [1.29, 1.82) is 0 Å². The number of rotatable bonds is 1. The molecule has 1 radical (unpaired) electrons. The van der Waals surface area contributed by atoms with Crippen molar-refractivity contribution in [2.24, 2.45) is 0 Å². The van der Waals surface area contributed by atoms with Crippen LogP contribution in [0.3, 0.4) is 0 Å². The molecule has 2 aromatic rings. The summed E-state index contributed by atoms with van der Waals surface area (Å²) < 4.78 is 23.4. The van der Waals surface area contributed by atoms with E-state index in [1.807, 2.05) is 51.1 Å². The van der Waals surface area contributed by atoms with Crippen molar-refractivity contribution >= 4 is 18.5 Å². The van der Waals surface area contributed by atoms with Crippen molar-refractivity contribution in [2.75, 3.05) is 0 Å². The fourth-order valence-corrected chi connectivity index (χ4v) is 1.88. The number of aromatic nitrogens is 1. The number of benzene rings is 1. The van der Waals surface area contributed by atoms with E-state index < -0.39 is 0 Å². The van der Waals surface area contributed by atoms with Crippen molar-refractivity contribution in [3.63, 3.8) is 0 Å². The molecule has 0 amide bonds. The molecule has 0 aliphatic heterocycles. The first-order valence-electron chi connectivity index (χ1n) is 10.1. The highest BCUT2D eigenvalue weighted by Gasteiger charge is 2.03. The van der Waals surface area contributed by atoms with Crippen LogP contribution >= 0.6 is 0 Å². The van der Waals surface area contributed by atoms with E-state index >= 15 is 0 Å². The quantitative estimate of drug-likeness (QED) is 0.374. The van der Waals surface area contributed by atoms with Crippen LogP contribution in [0.1, 0.15) is 77.7 Å². The molecular weight excluding hydrogens is 326 g/mol. The molecule has 1 heterocycles. The Morgan fingerprint density at radius 1 is 0.923 bits per heavy atom. The molecule has 0 N–H and O–H groups in total. The Hall–Kier alpha value is -1.45. The van der Waals surface area contributed by atoms with E-state index in [4.69, 9.17) is 0 Å². The Kier molecular flexibility index (Phi) is 16.0. The smallest absolute Gasteiger partial charge is 0.343 e. The van der Waals surface area contributed by atoms with Gasteiger partial charge >= 0.3 is 7.56 Å². The van der Waals surface area contributed by atoms with Crippen LogP contribution < -0.4 is 0 Å². The standard InChI is InChI=1S/C11H10FN.2C4H8.C2H6.CH3BF/c1-2-8-7-9-5-3-4-6-10(9)13-11(8)12;2*1-2-4-3-1;1-2;1-2-3/h3-7H,2H2,1H3;2*1-4H2;1-2H3;1H3/i12-1;;;;. The second-order valence-corrected chi connectivity index (χ2v) is 6.03. The van der Waals surface area contributed by atoms with Gasteiger partial charge in [-0.05, 0) is 18.6 Å². The fourth-order valence-electron chi connectivity index (χ4n) is 1.88. The minimum absolute atomic E-state index is 0.346. The van der Waals surface area contributed by atoms with E-state index in [9.17, 15) is 8.71 Å². The minimum Gasteiger partial charge on any atom is -0.343 e. The lowest BCUT2D eigenvalue weighted by atomic mass is 10.0. The summed E-state index contributed by atoms with van der Waals surface area (Å²) in [7, 11) is 0.500. The number of aryl methyl sites for hydroxylation is 1. The average Bonchev–Trinajstić information content (AvgIpc) is 2.54. The monoisotopic (exact) mass is 361 g/mol. The van der Waals surface area contributed by atoms with Gasteiger partial charge in [0.25, 0.3) is 0 Å². The summed E-state index contributed by atoms with van der Waals surface area (Å²) in [6.45, 7) is 7.26. The van der Waals surface area contributed by atoms with Gasteiger partial charge < -0.3 is 4.32 Å². The van der Waals surface area contributed by atoms with Gasteiger partial charge in [-0.2, -0.15) is 4.39 Å². The zero-order valence-corrected chi connectivity index (χ0v) is 17.0. The van der Waals surface area contributed by atoms with Gasteiger partial charge in [-0.15, -0.1) is 0 Å². The summed E-state index contributed by atoms with van der Waals surface area (Å²) in [5, 5.41) is 1.00. The third kappa shape index (κ3) is 10.5. The van der Waals surface area contributed by atoms with E-state index in [-0.39, 0.29) is 5.95 Å². The molecule has 2 fully saturated rings. The van der Waals surface area contributed by atoms with Crippen LogP contribution in [0, 0.1) is 5.95 Å². The van der Waals surface area contributed by atoms with E-state index in [0.29, 0.717) is 19.5 Å². The fraction of sp³-hybridized carbons (Fsp3) is 0.591. The third-order valence-electron chi connectivity index (χ3n) is 4.13. The first-order chi connectivity index (χ1) is 12.7. The molecule has 0 atom stereocenters.